The number of primary amides is 1. The normalized spacial score (nSPS) is 28.8. The summed E-state index contributed by atoms with van der Waals surface area (Å²) in [6, 6.07) is 0. The average Bonchev–Trinajstić information content (AvgIpc) is 2.15. The van der Waals surface area contributed by atoms with E-state index in [0.717, 1.165) is 25.7 Å². The molecule has 6 heteroatoms. The molecule has 1 aliphatic rings. The molecule has 94 valence electrons. The van der Waals surface area contributed by atoms with Gasteiger partial charge >= 0.3 is 0 Å². The van der Waals surface area contributed by atoms with Gasteiger partial charge in [0.2, 0.25) is 0 Å². The second-order valence-electron chi connectivity index (χ2n) is 4.58. The van der Waals surface area contributed by atoms with Crippen LogP contribution in [0, 0.1) is 11.8 Å². The minimum Gasteiger partial charge on any atom is -0.366 e. The zero-order valence-electron chi connectivity index (χ0n) is 9.54. The molecular formula is C10H21NO2PS2+. The molecule has 0 aromatic heterocycles. The first-order valence-electron chi connectivity index (χ1n) is 5.74. The van der Waals surface area contributed by atoms with Crippen molar-refractivity contribution in [1.82, 2.24) is 0 Å². The fourth-order valence-corrected chi connectivity index (χ4v) is 5.76. The van der Waals surface area contributed by atoms with E-state index in [1.54, 1.807) is 0 Å². The number of nitrogens with two attached hydrogens (primary N) is 1. The zero-order valence-corrected chi connectivity index (χ0v) is 12.2. The molecule has 0 radical (unpaired) electrons. The summed E-state index contributed by atoms with van der Waals surface area (Å²) in [7, 11) is 0. The molecule has 1 saturated carbocycles. The Bertz CT molecular complexity index is 258. The van der Waals surface area contributed by atoms with Gasteiger partial charge in [-0.05, 0) is 12.3 Å². The van der Waals surface area contributed by atoms with Crippen molar-refractivity contribution in [2.75, 3.05) is 0 Å². The number of rotatable bonds is 4. The third-order valence-electron chi connectivity index (χ3n) is 3.56. The molecule has 1 amide bonds. The molecule has 3 N–H and O–H groups in total. The number of thiol groups is 2. The number of hydrogen-bond donors (Lipinski definition) is 4. The molecule has 0 aromatic rings. The van der Waals surface area contributed by atoms with Gasteiger partial charge in [-0.3, -0.25) is 4.79 Å². The molecule has 16 heavy (non-hydrogen) atoms. The summed E-state index contributed by atoms with van der Waals surface area (Å²) in [6.07, 6.45) is 5.40. The Morgan fingerprint density at radius 1 is 1.50 bits per heavy atom. The molecule has 0 heterocycles. The number of carbonyl (C=O) groups excluding carboxylic acids is 1. The first-order chi connectivity index (χ1) is 7.38. The van der Waals surface area contributed by atoms with Crippen LogP contribution < -0.4 is 5.73 Å². The first-order valence-corrected chi connectivity index (χ1v) is 9.85. The third-order valence-corrected chi connectivity index (χ3v) is 6.44. The van der Waals surface area contributed by atoms with Crippen LogP contribution >= 0.6 is 30.4 Å². The largest absolute Gasteiger partial charge is 0.366 e. The van der Waals surface area contributed by atoms with Gasteiger partial charge in [0.25, 0.3) is 11.8 Å². The Kier molecular flexibility index (Phi) is 5.43. The summed E-state index contributed by atoms with van der Waals surface area (Å²) >= 11 is 8.22. The molecule has 3 nitrogen and oxygen atoms in total. The van der Waals surface area contributed by atoms with Crippen molar-refractivity contribution >= 4 is 36.3 Å². The Hall–Kier alpha value is 0.560. The van der Waals surface area contributed by atoms with E-state index in [1.165, 1.54) is 6.42 Å². The van der Waals surface area contributed by atoms with Gasteiger partial charge in [0, 0.05) is 30.4 Å². The number of carbonyl (C=O) groups is 1. The van der Waals surface area contributed by atoms with Crippen LogP contribution in [0.3, 0.4) is 0 Å². The standard InChI is InChI=1S/C10H20NO2PS2/c1-2-7-5-3-4-6-8(7)9(10(11)12)14(13,15)16/h7-9,13,15-16H,2-6H2,1H3,(H-,11,12)/p+1. The lowest BCUT2D eigenvalue weighted by Gasteiger charge is -2.34. The molecule has 0 saturated heterocycles. The van der Waals surface area contributed by atoms with Crippen LogP contribution in [-0.2, 0) is 4.79 Å². The maximum Gasteiger partial charge on any atom is 0.264 e. The van der Waals surface area contributed by atoms with Crippen molar-refractivity contribution < 1.29 is 9.69 Å². The van der Waals surface area contributed by atoms with E-state index in [-0.39, 0.29) is 5.92 Å². The van der Waals surface area contributed by atoms with E-state index >= 15 is 0 Å². The predicted octanol–water partition coefficient (Wildman–Crippen LogP) is 2.67. The minimum atomic E-state index is -2.79. The average molecular weight is 282 g/mol. The fourth-order valence-electron chi connectivity index (χ4n) is 2.80. The van der Waals surface area contributed by atoms with Crippen molar-refractivity contribution in [3.8, 4) is 0 Å². The van der Waals surface area contributed by atoms with Crippen LogP contribution in [-0.4, -0.2) is 16.5 Å². The Morgan fingerprint density at radius 2 is 2.06 bits per heavy atom. The van der Waals surface area contributed by atoms with Crippen molar-refractivity contribution in [3.63, 3.8) is 0 Å². The lowest BCUT2D eigenvalue weighted by Crippen LogP contribution is -2.39. The Morgan fingerprint density at radius 3 is 2.50 bits per heavy atom. The molecule has 3 unspecified atom stereocenters. The molecule has 0 aromatic carbocycles. The van der Waals surface area contributed by atoms with E-state index in [9.17, 15) is 9.69 Å². The van der Waals surface area contributed by atoms with Crippen LogP contribution in [0.4, 0.5) is 0 Å². The van der Waals surface area contributed by atoms with Crippen molar-refractivity contribution in [2.24, 2.45) is 17.6 Å². The fraction of sp³-hybridized carbons (Fsp3) is 0.900. The number of amides is 1. The summed E-state index contributed by atoms with van der Waals surface area (Å²) in [4.78, 5) is 21.5. The van der Waals surface area contributed by atoms with E-state index in [2.05, 4.69) is 31.4 Å². The molecule has 1 fully saturated rings. The van der Waals surface area contributed by atoms with Gasteiger partial charge in [-0.15, -0.1) is 0 Å². The van der Waals surface area contributed by atoms with Gasteiger partial charge in [0.1, 0.15) is 0 Å². The molecule has 1 rings (SSSR count). The van der Waals surface area contributed by atoms with Crippen molar-refractivity contribution in [3.05, 3.63) is 0 Å². The quantitative estimate of drug-likeness (QED) is 0.473. The predicted molar refractivity (Wildman–Crippen MR) is 75.8 cm³/mol. The lowest BCUT2D eigenvalue weighted by molar-refractivity contribution is -0.119. The Balaban J connectivity index is 2.87. The van der Waals surface area contributed by atoms with Gasteiger partial charge in [0.15, 0.2) is 5.66 Å². The highest BCUT2D eigenvalue weighted by atomic mass is 33.1. The molecule has 3 atom stereocenters. The second kappa shape index (κ2) is 5.94. The molecular weight excluding hydrogens is 261 g/mol. The monoisotopic (exact) mass is 282 g/mol. The molecule has 0 spiro atoms. The van der Waals surface area contributed by atoms with Crippen LogP contribution in [0.5, 0.6) is 0 Å². The lowest BCUT2D eigenvalue weighted by atomic mass is 9.76. The van der Waals surface area contributed by atoms with Crippen molar-refractivity contribution in [2.45, 2.75) is 44.7 Å². The molecule has 1 aliphatic carbocycles. The number of hydrogen-bond acceptors (Lipinski definition) is 4. The zero-order chi connectivity index (χ0) is 12.3. The second-order valence-corrected chi connectivity index (χ2v) is 11.0. The van der Waals surface area contributed by atoms with Gasteiger partial charge in [-0.25, -0.2) is 4.89 Å². The molecule has 0 bridgehead atoms. The smallest absolute Gasteiger partial charge is 0.264 e. The Labute approximate surface area is 108 Å². The van der Waals surface area contributed by atoms with Crippen LogP contribution in [0.2, 0.25) is 0 Å². The van der Waals surface area contributed by atoms with E-state index in [4.69, 9.17) is 5.73 Å². The summed E-state index contributed by atoms with van der Waals surface area (Å²) in [5, 5.41) is 0. The van der Waals surface area contributed by atoms with Gasteiger partial charge < -0.3 is 5.73 Å². The summed E-state index contributed by atoms with van der Waals surface area (Å²) in [5.74, 6) is -2.61. The van der Waals surface area contributed by atoms with E-state index < -0.39 is 17.5 Å². The van der Waals surface area contributed by atoms with E-state index in [0.29, 0.717) is 5.92 Å². The van der Waals surface area contributed by atoms with Gasteiger partial charge in [-0.1, -0.05) is 32.6 Å². The topological polar surface area (TPSA) is 63.3 Å². The summed E-state index contributed by atoms with van der Waals surface area (Å²) in [6.45, 7) is 2.12. The highest BCUT2D eigenvalue weighted by Crippen LogP contribution is 2.71. The van der Waals surface area contributed by atoms with E-state index in [1.807, 2.05) is 0 Å². The highest BCUT2D eigenvalue weighted by molar-refractivity contribution is 8.83. The van der Waals surface area contributed by atoms with Gasteiger partial charge in [-0.2, -0.15) is 0 Å². The maximum atomic E-state index is 11.5. The summed E-state index contributed by atoms with van der Waals surface area (Å²) < 4.78 is 0. The molecule has 0 aliphatic heterocycles. The highest BCUT2D eigenvalue weighted by Gasteiger charge is 2.50. The summed E-state index contributed by atoms with van der Waals surface area (Å²) in [5.41, 5.74) is 4.84. The SMILES string of the molecule is CCC1CCCCC1C(C(N)=O)[P+](O)(S)S. The van der Waals surface area contributed by atoms with Crippen LogP contribution in [0.1, 0.15) is 39.0 Å². The maximum absolute atomic E-state index is 11.5. The first kappa shape index (κ1) is 14.6. The van der Waals surface area contributed by atoms with Crippen LogP contribution in [0.15, 0.2) is 0 Å². The third kappa shape index (κ3) is 3.52. The minimum absolute atomic E-state index is 0.157. The van der Waals surface area contributed by atoms with Gasteiger partial charge in [0.05, 0.1) is 0 Å². The van der Waals surface area contributed by atoms with Crippen LogP contribution in [0.25, 0.3) is 0 Å². The van der Waals surface area contributed by atoms with Crippen molar-refractivity contribution in [1.29, 1.82) is 0 Å².